The molecule has 0 fully saturated rings. The van der Waals surface area contributed by atoms with Crippen molar-refractivity contribution in [2.45, 2.75) is 6.92 Å². The molecule has 0 bridgehead atoms. The SMILES string of the molecule is COc1c(C)ccc([N+](=O)[O-])c1[N+](=O)[O-]. The van der Waals surface area contributed by atoms with E-state index in [1.54, 1.807) is 6.92 Å². The van der Waals surface area contributed by atoms with Gasteiger partial charge in [-0.2, -0.15) is 0 Å². The molecule has 0 saturated heterocycles. The van der Waals surface area contributed by atoms with Gasteiger partial charge < -0.3 is 4.74 Å². The molecule has 0 aromatic heterocycles. The van der Waals surface area contributed by atoms with E-state index in [0.717, 1.165) is 6.07 Å². The van der Waals surface area contributed by atoms with Gasteiger partial charge in [-0.1, -0.05) is 0 Å². The highest BCUT2D eigenvalue weighted by Gasteiger charge is 2.30. The molecule has 0 aliphatic carbocycles. The summed E-state index contributed by atoms with van der Waals surface area (Å²) in [4.78, 5) is 19.6. The van der Waals surface area contributed by atoms with E-state index in [0.29, 0.717) is 5.56 Å². The van der Waals surface area contributed by atoms with Gasteiger partial charge in [0.05, 0.1) is 17.0 Å². The van der Waals surface area contributed by atoms with Crippen molar-refractivity contribution in [2.24, 2.45) is 0 Å². The molecule has 0 unspecified atom stereocenters. The molecule has 1 aromatic carbocycles. The van der Waals surface area contributed by atoms with Crippen molar-refractivity contribution in [1.82, 2.24) is 0 Å². The van der Waals surface area contributed by atoms with Crippen molar-refractivity contribution in [3.05, 3.63) is 37.9 Å². The largest absolute Gasteiger partial charge is 0.490 e. The Morgan fingerprint density at radius 3 is 2.20 bits per heavy atom. The van der Waals surface area contributed by atoms with Gasteiger partial charge in [0.15, 0.2) is 0 Å². The molecule has 7 nitrogen and oxygen atoms in total. The molecule has 0 saturated carbocycles. The summed E-state index contributed by atoms with van der Waals surface area (Å²) in [7, 11) is 1.24. The van der Waals surface area contributed by atoms with Crippen molar-refractivity contribution < 1.29 is 14.6 Å². The predicted octanol–water partition coefficient (Wildman–Crippen LogP) is 1.82. The zero-order valence-electron chi connectivity index (χ0n) is 8.09. The lowest BCUT2D eigenvalue weighted by molar-refractivity contribution is -0.423. The van der Waals surface area contributed by atoms with Gasteiger partial charge in [-0.05, 0) is 18.6 Å². The van der Waals surface area contributed by atoms with Gasteiger partial charge in [-0.25, -0.2) is 0 Å². The quantitative estimate of drug-likeness (QED) is 0.562. The van der Waals surface area contributed by atoms with Crippen LogP contribution in [0.5, 0.6) is 5.75 Å². The van der Waals surface area contributed by atoms with Crippen LogP contribution in [0.25, 0.3) is 0 Å². The van der Waals surface area contributed by atoms with Crippen molar-refractivity contribution in [1.29, 1.82) is 0 Å². The van der Waals surface area contributed by atoms with Gasteiger partial charge in [0.1, 0.15) is 0 Å². The number of nitro groups is 2. The maximum atomic E-state index is 10.7. The first kappa shape index (κ1) is 10.9. The summed E-state index contributed by atoms with van der Waals surface area (Å²) in [5, 5.41) is 21.2. The number of hydrogen-bond donors (Lipinski definition) is 0. The molecular weight excluding hydrogens is 204 g/mol. The van der Waals surface area contributed by atoms with Gasteiger partial charge in [-0.3, -0.25) is 20.2 Å². The summed E-state index contributed by atoms with van der Waals surface area (Å²) in [5.74, 6) is -0.0748. The second-order valence-electron chi connectivity index (χ2n) is 2.80. The predicted molar refractivity (Wildman–Crippen MR) is 51.0 cm³/mol. The Labute approximate surface area is 84.6 Å². The third-order valence-corrected chi connectivity index (χ3v) is 1.89. The third-order valence-electron chi connectivity index (χ3n) is 1.89. The first-order valence-corrected chi connectivity index (χ1v) is 3.95. The number of methoxy groups -OCH3 is 1. The molecule has 0 atom stereocenters. The Balaban J connectivity index is 3.56. The van der Waals surface area contributed by atoms with Crippen LogP contribution in [0.2, 0.25) is 0 Å². The molecule has 0 heterocycles. The van der Waals surface area contributed by atoms with E-state index >= 15 is 0 Å². The maximum absolute atomic E-state index is 10.7. The topological polar surface area (TPSA) is 95.5 Å². The number of hydrogen-bond acceptors (Lipinski definition) is 5. The minimum atomic E-state index is -0.816. The fourth-order valence-electron chi connectivity index (χ4n) is 1.24. The molecule has 0 spiro atoms. The lowest BCUT2D eigenvalue weighted by Crippen LogP contribution is -2.00. The summed E-state index contributed by atoms with van der Waals surface area (Å²) in [6, 6.07) is 2.50. The molecular formula is C8H8N2O5. The maximum Gasteiger partial charge on any atom is 0.387 e. The monoisotopic (exact) mass is 212 g/mol. The van der Waals surface area contributed by atoms with E-state index in [1.807, 2.05) is 0 Å². The summed E-state index contributed by atoms with van der Waals surface area (Å²) in [5.41, 5.74) is -0.695. The number of nitro benzene ring substituents is 2. The molecule has 0 amide bonds. The number of ether oxygens (including phenoxy) is 1. The third kappa shape index (κ3) is 1.85. The van der Waals surface area contributed by atoms with Crippen molar-refractivity contribution >= 4 is 11.4 Å². The first-order chi connectivity index (χ1) is 6.99. The van der Waals surface area contributed by atoms with Gasteiger partial charge in [0, 0.05) is 6.07 Å². The molecule has 0 aliphatic rings. The molecule has 1 rings (SSSR count). The van der Waals surface area contributed by atoms with E-state index < -0.39 is 21.2 Å². The number of rotatable bonds is 3. The van der Waals surface area contributed by atoms with Gasteiger partial charge >= 0.3 is 11.4 Å². The average molecular weight is 212 g/mol. The summed E-state index contributed by atoms with van der Waals surface area (Å²) in [6.07, 6.45) is 0. The van der Waals surface area contributed by atoms with Crippen molar-refractivity contribution in [2.75, 3.05) is 7.11 Å². The summed E-state index contributed by atoms with van der Waals surface area (Å²) < 4.78 is 4.78. The van der Waals surface area contributed by atoms with Crippen LogP contribution >= 0.6 is 0 Å². The summed E-state index contributed by atoms with van der Waals surface area (Å²) >= 11 is 0. The minimum absolute atomic E-state index is 0.0748. The highest BCUT2D eigenvalue weighted by Crippen LogP contribution is 2.38. The molecule has 1 aromatic rings. The molecule has 0 N–H and O–H groups in total. The first-order valence-electron chi connectivity index (χ1n) is 3.95. The lowest BCUT2D eigenvalue weighted by Gasteiger charge is -2.04. The second kappa shape index (κ2) is 3.91. The van der Waals surface area contributed by atoms with Gasteiger partial charge in [0.2, 0.25) is 5.75 Å². The standard InChI is InChI=1S/C8H8N2O5/c1-5-3-4-6(9(11)12)7(10(13)14)8(5)15-2/h3-4H,1-2H3. The summed E-state index contributed by atoms with van der Waals surface area (Å²) in [6.45, 7) is 1.58. The van der Waals surface area contributed by atoms with Crippen LogP contribution < -0.4 is 4.74 Å². The second-order valence-corrected chi connectivity index (χ2v) is 2.80. The fourth-order valence-corrected chi connectivity index (χ4v) is 1.24. The smallest absolute Gasteiger partial charge is 0.387 e. The van der Waals surface area contributed by atoms with Crippen molar-refractivity contribution in [3.63, 3.8) is 0 Å². The van der Waals surface area contributed by atoms with Crippen LogP contribution in [0.3, 0.4) is 0 Å². The zero-order valence-corrected chi connectivity index (χ0v) is 8.09. The minimum Gasteiger partial charge on any atom is -0.490 e. The van der Waals surface area contributed by atoms with E-state index in [4.69, 9.17) is 4.74 Å². The normalized spacial score (nSPS) is 9.73. The lowest BCUT2D eigenvalue weighted by atomic mass is 10.1. The number of benzene rings is 1. The van der Waals surface area contributed by atoms with Crippen LogP contribution in [0.1, 0.15) is 5.56 Å². The van der Waals surface area contributed by atoms with Crippen molar-refractivity contribution in [3.8, 4) is 5.75 Å². The molecule has 7 heteroatoms. The van der Waals surface area contributed by atoms with Gasteiger partial charge in [0.25, 0.3) is 0 Å². The Bertz CT molecular complexity index is 429. The van der Waals surface area contributed by atoms with Crippen LogP contribution in [0.4, 0.5) is 11.4 Å². The Morgan fingerprint density at radius 1 is 1.20 bits per heavy atom. The Hall–Kier alpha value is -2.18. The van der Waals surface area contributed by atoms with Gasteiger partial charge in [-0.15, -0.1) is 0 Å². The fraction of sp³-hybridized carbons (Fsp3) is 0.250. The van der Waals surface area contributed by atoms with Crippen LogP contribution in [-0.4, -0.2) is 17.0 Å². The van der Waals surface area contributed by atoms with E-state index in [1.165, 1.54) is 13.2 Å². The molecule has 0 aliphatic heterocycles. The Kier molecular flexibility index (Phi) is 2.84. The highest BCUT2D eigenvalue weighted by molar-refractivity contribution is 5.64. The Morgan fingerprint density at radius 2 is 1.80 bits per heavy atom. The average Bonchev–Trinajstić information content (AvgIpc) is 2.16. The van der Waals surface area contributed by atoms with E-state index in [-0.39, 0.29) is 5.75 Å². The highest BCUT2D eigenvalue weighted by atomic mass is 16.6. The zero-order chi connectivity index (χ0) is 11.6. The van der Waals surface area contributed by atoms with Crippen LogP contribution in [0, 0.1) is 27.2 Å². The molecule has 0 radical (unpaired) electrons. The van der Waals surface area contributed by atoms with E-state index in [2.05, 4.69) is 0 Å². The molecule has 80 valence electrons. The number of nitrogens with zero attached hydrogens (tertiary/aromatic N) is 2. The van der Waals surface area contributed by atoms with E-state index in [9.17, 15) is 20.2 Å². The molecule has 15 heavy (non-hydrogen) atoms. The van der Waals surface area contributed by atoms with Crippen LogP contribution in [0.15, 0.2) is 12.1 Å². The number of aryl methyl sites for hydroxylation is 1. The van der Waals surface area contributed by atoms with Crippen LogP contribution in [-0.2, 0) is 0 Å².